The first-order valence-corrected chi connectivity index (χ1v) is 19.7. The molecule has 0 N–H and O–H groups in total. The van der Waals surface area contributed by atoms with E-state index in [-0.39, 0.29) is 17.5 Å². The number of imidazole rings is 1. The van der Waals surface area contributed by atoms with Gasteiger partial charge in [0.05, 0.1) is 47.4 Å². The molecule has 2 heterocycles. The van der Waals surface area contributed by atoms with Crippen molar-refractivity contribution in [2.24, 2.45) is 0 Å². The Bertz CT molecular complexity index is 1980. The fourth-order valence-corrected chi connectivity index (χ4v) is 7.11. The van der Waals surface area contributed by atoms with Gasteiger partial charge in [0.25, 0.3) is 16.0 Å². The summed E-state index contributed by atoms with van der Waals surface area (Å²) in [5.74, 6) is -0.340. The quantitative estimate of drug-likeness (QED) is 0.0831. The standard InChI is InChI=1S/C33H38N4O7SSi/c1-8-42-33-34-28-14-11-13-27(32(38)41-4)30(28)36(33)20-24-16-18-25(19-17-24)26-12-9-10-15-29(26)45(39,40)37(21-43-46(5,6)7)31-22(2)23(3)35-44-31/h9-19H,8,20-21H2,1-7H3. The smallest absolute Gasteiger partial charge is 0.340 e. The van der Waals surface area contributed by atoms with Gasteiger partial charge in [-0.15, -0.1) is 0 Å². The Morgan fingerprint density at radius 1 is 1.00 bits per heavy atom. The highest BCUT2D eigenvalue weighted by Crippen LogP contribution is 2.35. The Hall–Kier alpha value is -4.46. The number of carbonyl (C=O) groups excluding carboxylic acids is 1. The molecule has 5 aromatic rings. The Morgan fingerprint density at radius 3 is 2.35 bits per heavy atom. The van der Waals surface area contributed by atoms with E-state index in [2.05, 4.69) is 10.1 Å². The zero-order valence-electron chi connectivity index (χ0n) is 27.0. The van der Waals surface area contributed by atoms with Gasteiger partial charge < -0.3 is 18.4 Å². The molecule has 0 aliphatic carbocycles. The maximum absolute atomic E-state index is 14.3. The van der Waals surface area contributed by atoms with Crippen molar-refractivity contribution >= 4 is 41.2 Å². The third kappa shape index (κ3) is 6.57. The second-order valence-corrected chi connectivity index (χ2v) is 18.1. The predicted molar refractivity (Wildman–Crippen MR) is 178 cm³/mol. The van der Waals surface area contributed by atoms with Crippen LogP contribution in [0.15, 0.2) is 76.1 Å². The van der Waals surface area contributed by atoms with Crippen molar-refractivity contribution in [1.29, 1.82) is 0 Å². The molecule has 13 heteroatoms. The highest BCUT2D eigenvalue weighted by atomic mass is 32.2. The molecule has 0 aliphatic rings. The van der Waals surface area contributed by atoms with Crippen molar-refractivity contribution in [2.75, 3.05) is 24.8 Å². The van der Waals surface area contributed by atoms with Crippen LogP contribution in [0, 0.1) is 13.8 Å². The van der Waals surface area contributed by atoms with Crippen molar-refractivity contribution in [2.45, 2.75) is 51.9 Å². The molecule has 0 saturated carbocycles. The van der Waals surface area contributed by atoms with Gasteiger partial charge in [-0.3, -0.25) is 4.57 Å². The fraction of sp³-hybridized carbons (Fsp3) is 0.303. The van der Waals surface area contributed by atoms with Gasteiger partial charge >= 0.3 is 5.97 Å². The lowest BCUT2D eigenvalue weighted by Gasteiger charge is -2.27. The summed E-state index contributed by atoms with van der Waals surface area (Å²) in [7, 11) is -4.90. The number of anilines is 1. The summed E-state index contributed by atoms with van der Waals surface area (Å²) < 4.78 is 54.1. The highest BCUT2D eigenvalue weighted by molar-refractivity contribution is 7.93. The van der Waals surface area contributed by atoms with Crippen LogP contribution in [0.4, 0.5) is 5.88 Å². The predicted octanol–water partition coefficient (Wildman–Crippen LogP) is 6.55. The van der Waals surface area contributed by atoms with Crippen LogP contribution in [-0.2, 0) is 25.7 Å². The lowest BCUT2D eigenvalue weighted by molar-refractivity contribution is 0.0602. The normalized spacial score (nSPS) is 12.0. The van der Waals surface area contributed by atoms with Crippen LogP contribution >= 0.6 is 0 Å². The van der Waals surface area contributed by atoms with Crippen LogP contribution in [-0.4, -0.2) is 57.9 Å². The lowest BCUT2D eigenvalue weighted by atomic mass is 10.0. The Labute approximate surface area is 269 Å². The van der Waals surface area contributed by atoms with E-state index in [1.54, 1.807) is 50.2 Å². The van der Waals surface area contributed by atoms with E-state index in [4.69, 9.17) is 18.4 Å². The summed E-state index contributed by atoms with van der Waals surface area (Å²) in [6.45, 7) is 11.9. The first-order valence-electron chi connectivity index (χ1n) is 14.8. The maximum atomic E-state index is 14.3. The van der Waals surface area contributed by atoms with Crippen molar-refractivity contribution in [3.05, 3.63) is 89.1 Å². The van der Waals surface area contributed by atoms with Gasteiger partial charge in [-0.05, 0) is 69.7 Å². The average Bonchev–Trinajstić information content (AvgIpc) is 3.55. The minimum atomic E-state index is -4.14. The number of ether oxygens (including phenoxy) is 2. The number of fused-ring (bicyclic) bond motifs is 1. The van der Waals surface area contributed by atoms with Gasteiger partial charge in [-0.2, -0.15) is 4.98 Å². The monoisotopic (exact) mass is 662 g/mol. The molecule has 11 nitrogen and oxygen atoms in total. The number of aryl methyl sites for hydroxylation is 1. The van der Waals surface area contributed by atoms with E-state index >= 15 is 0 Å². The van der Waals surface area contributed by atoms with Gasteiger partial charge in [0.1, 0.15) is 6.73 Å². The lowest BCUT2D eigenvalue weighted by Crippen LogP contribution is -2.39. The molecule has 0 amide bonds. The highest BCUT2D eigenvalue weighted by Gasteiger charge is 2.33. The first kappa shape index (κ1) is 32.9. The van der Waals surface area contributed by atoms with Gasteiger partial charge in [-0.1, -0.05) is 53.7 Å². The van der Waals surface area contributed by atoms with Gasteiger partial charge in [0, 0.05) is 11.1 Å². The Morgan fingerprint density at radius 2 is 1.72 bits per heavy atom. The van der Waals surface area contributed by atoms with E-state index in [0.29, 0.717) is 58.1 Å². The number of carbonyl (C=O) groups is 1. The molecule has 0 unspecified atom stereocenters. The molecule has 0 atom stereocenters. The number of rotatable bonds is 12. The minimum Gasteiger partial charge on any atom is -0.465 e. The molecule has 0 fully saturated rings. The van der Waals surface area contributed by atoms with Crippen LogP contribution in [0.25, 0.3) is 22.2 Å². The Balaban J connectivity index is 1.53. The SMILES string of the molecule is CCOc1nc2cccc(C(=O)OC)c2n1Cc1ccc(-c2ccccc2S(=O)(=O)N(CO[Si](C)(C)C)c2onc(C)c2C)cc1. The summed E-state index contributed by atoms with van der Waals surface area (Å²) in [6.07, 6.45) is 0. The summed E-state index contributed by atoms with van der Waals surface area (Å²) in [5.41, 5.74) is 4.95. The van der Waals surface area contributed by atoms with Crippen molar-refractivity contribution in [3.63, 3.8) is 0 Å². The molecule has 2 aromatic heterocycles. The summed E-state index contributed by atoms with van der Waals surface area (Å²) in [6, 6.07) is 20.1. The van der Waals surface area contributed by atoms with Gasteiger partial charge in [0.15, 0.2) is 8.32 Å². The van der Waals surface area contributed by atoms with Crippen LogP contribution in [0.2, 0.25) is 19.6 Å². The number of aromatic nitrogens is 3. The fourth-order valence-electron chi connectivity index (χ4n) is 4.97. The van der Waals surface area contributed by atoms with E-state index in [1.807, 2.05) is 61.5 Å². The molecule has 5 rings (SSSR count). The second-order valence-electron chi connectivity index (χ2n) is 11.7. The molecule has 0 radical (unpaired) electrons. The number of para-hydroxylation sites is 1. The number of benzene rings is 3. The largest absolute Gasteiger partial charge is 0.465 e. The molecule has 0 bridgehead atoms. The zero-order chi connectivity index (χ0) is 33.2. The number of hydrogen-bond acceptors (Lipinski definition) is 9. The average molecular weight is 663 g/mol. The van der Waals surface area contributed by atoms with E-state index < -0.39 is 24.3 Å². The third-order valence-corrected chi connectivity index (χ3v) is 10.2. The second kappa shape index (κ2) is 13.1. The molecule has 3 aromatic carbocycles. The summed E-state index contributed by atoms with van der Waals surface area (Å²) >= 11 is 0. The number of methoxy groups -OCH3 is 1. The number of nitrogens with zero attached hydrogens (tertiary/aromatic N) is 4. The van der Waals surface area contributed by atoms with Crippen molar-refractivity contribution < 1.29 is 31.6 Å². The maximum Gasteiger partial charge on any atom is 0.340 e. The van der Waals surface area contributed by atoms with Gasteiger partial charge in [-0.25, -0.2) is 17.5 Å². The number of esters is 1. The summed E-state index contributed by atoms with van der Waals surface area (Å²) in [5, 5.41) is 4.00. The van der Waals surface area contributed by atoms with Crippen LogP contribution < -0.4 is 9.04 Å². The molecule has 46 heavy (non-hydrogen) atoms. The molecule has 0 aliphatic heterocycles. The van der Waals surface area contributed by atoms with Crippen LogP contribution in [0.3, 0.4) is 0 Å². The summed E-state index contributed by atoms with van der Waals surface area (Å²) in [4.78, 5) is 17.3. The molecule has 0 spiro atoms. The molecular weight excluding hydrogens is 625 g/mol. The van der Waals surface area contributed by atoms with E-state index in [0.717, 1.165) is 9.87 Å². The van der Waals surface area contributed by atoms with Crippen LogP contribution in [0.5, 0.6) is 6.01 Å². The van der Waals surface area contributed by atoms with Crippen molar-refractivity contribution in [3.8, 4) is 17.1 Å². The Kier molecular flexibility index (Phi) is 9.38. The first-order chi connectivity index (χ1) is 21.9. The topological polar surface area (TPSA) is 126 Å². The molecule has 242 valence electrons. The van der Waals surface area contributed by atoms with E-state index in [1.165, 1.54) is 7.11 Å². The number of hydrogen-bond donors (Lipinski definition) is 0. The van der Waals surface area contributed by atoms with Gasteiger partial charge in [0.2, 0.25) is 5.88 Å². The zero-order valence-corrected chi connectivity index (χ0v) is 28.8. The minimum absolute atomic E-state index is 0.109. The third-order valence-electron chi connectivity index (χ3n) is 7.45. The van der Waals surface area contributed by atoms with E-state index in [9.17, 15) is 13.2 Å². The molecular formula is C33H38N4O7SSi. The molecule has 0 saturated heterocycles. The van der Waals surface area contributed by atoms with Crippen LogP contribution in [0.1, 0.15) is 34.1 Å². The number of sulfonamides is 1. The van der Waals surface area contributed by atoms with Crippen molar-refractivity contribution in [1.82, 2.24) is 14.7 Å².